The average molecular weight is 532 g/mol. The van der Waals surface area contributed by atoms with Gasteiger partial charge in [-0.3, -0.25) is 9.63 Å². The predicted octanol–water partition coefficient (Wildman–Crippen LogP) is 5.08. The molecule has 0 saturated carbocycles. The van der Waals surface area contributed by atoms with Gasteiger partial charge >= 0.3 is 5.97 Å². The molecule has 3 aromatic carbocycles. The lowest BCUT2D eigenvalue weighted by atomic mass is 10.0. The Kier molecular flexibility index (Phi) is 9.75. The van der Waals surface area contributed by atoms with E-state index in [2.05, 4.69) is 36.4 Å². The maximum absolute atomic E-state index is 11.3. The fourth-order valence-corrected chi connectivity index (χ4v) is 5.34. The highest BCUT2D eigenvalue weighted by molar-refractivity contribution is 5.65. The standard InChI is InChI=1S/C32H37NO6/c1-24(34)36-18-17-28-19-29-31(37-21-26-13-7-3-8-14-26)32(38-22-27-15-9-4-10-16-27)30(33(29)39-28)23-35-20-25-11-5-2-6-12-25/h2-16,28-32H,17-23H2,1H3/t28-,29+,30+,31+,32+/m0/s1. The highest BCUT2D eigenvalue weighted by Crippen LogP contribution is 2.40. The molecule has 0 N–H and O–H groups in total. The number of hydroxylamine groups is 2. The van der Waals surface area contributed by atoms with E-state index in [0.29, 0.717) is 39.5 Å². The molecule has 2 saturated heterocycles. The third-order valence-electron chi connectivity index (χ3n) is 7.23. The van der Waals surface area contributed by atoms with E-state index in [-0.39, 0.29) is 36.4 Å². The van der Waals surface area contributed by atoms with E-state index >= 15 is 0 Å². The van der Waals surface area contributed by atoms with Crippen molar-refractivity contribution in [2.24, 2.45) is 0 Å². The summed E-state index contributed by atoms with van der Waals surface area (Å²) in [6.45, 7) is 3.66. The minimum absolute atomic E-state index is 0.00198. The van der Waals surface area contributed by atoms with E-state index in [9.17, 15) is 4.79 Å². The van der Waals surface area contributed by atoms with Crippen molar-refractivity contribution in [3.05, 3.63) is 108 Å². The zero-order valence-corrected chi connectivity index (χ0v) is 22.4. The van der Waals surface area contributed by atoms with Crippen LogP contribution in [0.1, 0.15) is 36.5 Å². The minimum Gasteiger partial charge on any atom is -0.466 e. The number of nitrogens with zero attached hydrogens (tertiary/aromatic N) is 1. The molecule has 0 unspecified atom stereocenters. The monoisotopic (exact) mass is 531 g/mol. The van der Waals surface area contributed by atoms with Crippen LogP contribution in [0.5, 0.6) is 0 Å². The molecule has 2 heterocycles. The molecule has 7 nitrogen and oxygen atoms in total. The fourth-order valence-electron chi connectivity index (χ4n) is 5.34. The van der Waals surface area contributed by atoms with E-state index in [1.807, 2.05) is 59.7 Å². The first kappa shape index (κ1) is 27.5. The zero-order chi connectivity index (χ0) is 26.9. The van der Waals surface area contributed by atoms with Crippen LogP contribution in [0.15, 0.2) is 91.0 Å². The van der Waals surface area contributed by atoms with Crippen LogP contribution in [-0.4, -0.2) is 54.6 Å². The Bertz CT molecular complexity index is 1150. The maximum Gasteiger partial charge on any atom is 0.302 e. The lowest BCUT2D eigenvalue weighted by molar-refractivity contribution is -0.199. The second-order valence-electron chi connectivity index (χ2n) is 10.1. The Hall–Kier alpha value is -3.07. The Morgan fingerprint density at radius 3 is 1.90 bits per heavy atom. The molecule has 5 rings (SSSR count). The van der Waals surface area contributed by atoms with Gasteiger partial charge in [0.15, 0.2) is 0 Å². The van der Waals surface area contributed by atoms with E-state index in [1.165, 1.54) is 6.92 Å². The number of carbonyl (C=O) groups is 1. The number of esters is 1. The van der Waals surface area contributed by atoms with Gasteiger partial charge in [0.2, 0.25) is 0 Å². The first-order chi connectivity index (χ1) is 19.2. The van der Waals surface area contributed by atoms with Gasteiger partial charge in [0.05, 0.1) is 51.2 Å². The van der Waals surface area contributed by atoms with E-state index in [4.69, 9.17) is 23.8 Å². The summed E-state index contributed by atoms with van der Waals surface area (Å²) in [5.74, 6) is -0.279. The zero-order valence-electron chi connectivity index (χ0n) is 22.4. The van der Waals surface area contributed by atoms with Gasteiger partial charge in [-0.1, -0.05) is 91.0 Å². The summed E-state index contributed by atoms with van der Waals surface area (Å²) in [6, 6.07) is 30.4. The second-order valence-corrected chi connectivity index (χ2v) is 10.1. The topological polar surface area (TPSA) is 66.5 Å². The van der Waals surface area contributed by atoms with Crippen LogP contribution in [0.4, 0.5) is 0 Å². The van der Waals surface area contributed by atoms with Gasteiger partial charge < -0.3 is 18.9 Å². The highest BCUT2D eigenvalue weighted by atomic mass is 16.7. The molecule has 2 fully saturated rings. The normalized spacial score (nSPS) is 24.5. The summed E-state index contributed by atoms with van der Waals surface area (Å²) in [4.78, 5) is 17.7. The number of ether oxygens (including phenoxy) is 4. The van der Waals surface area contributed by atoms with Crippen molar-refractivity contribution in [1.29, 1.82) is 0 Å². The van der Waals surface area contributed by atoms with Gasteiger partial charge in [0.25, 0.3) is 0 Å². The number of rotatable bonds is 13. The van der Waals surface area contributed by atoms with Crippen LogP contribution < -0.4 is 0 Å². The van der Waals surface area contributed by atoms with Gasteiger partial charge in [-0.05, 0) is 23.1 Å². The summed E-state index contributed by atoms with van der Waals surface area (Å²) in [5, 5.41) is 2.04. The maximum atomic E-state index is 11.3. The minimum atomic E-state index is -0.279. The summed E-state index contributed by atoms with van der Waals surface area (Å²) >= 11 is 0. The summed E-state index contributed by atoms with van der Waals surface area (Å²) < 4.78 is 24.6. The van der Waals surface area contributed by atoms with E-state index in [0.717, 1.165) is 23.1 Å². The molecule has 2 aliphatic rings. The van der Waals surface area contributed by atoms with Crippen LogP contribution in [0.25, 0.3) is 0 Å². The highest BCUT2D eigenvalue weighted by Gasteiger charge is 2.56. The van der Waals surface area contributed by atoms with Gasteiger partial charge in [0.1, 0.15) is 12.2 Å². The van der Waals surface area contributed by atoms with E-state index < -0.39 is 0 Å². The lowest BCUT2D eigenvalue weighted by Crippen LogP contribution is -2.42. The molecule has 0 aromatic heterocycles. The number of hydrogen-bond acceptors (Lipinski definition) is 7. The number of carbonyl (C=O) groups excluding carboxylic acids is 1. The number of benzene rings is 3. The predicted molar refractivity (Wildman–Crippen MR) is 146 cm³/mol. The van der Waals surface area contributed by atoms with Crippen molar-refractivity contribution in [3.8, 4) is 0 Å². The molecule has 39 heavy (non-hydrogen) atoms. The third kappa shape index (κ3) is 7.53. The van der Waals surface area contributed by atoms with Crippen molar-refractivity contribution >= 4 is 5.97 Å². The first-order valence-electron chi connectivity index (χ1n) is 13.7. The number of hydrogen-bond donors (Lipinski definition) is 0. The van der Waals surface area contributed by atoms with E-state index in [1.54, 1.807) is 0 Å². The summed E-state index contributed by atoms with van der Waals surface area (Å²) in [5.41, 5.74) is 3.34. The van der Waals surface area contributed by atoms with Crippen LogP contribution in [0.3, 0.4) is 0 Å². The number of fused-ring (bicyclic) bond motifs is 1. The van der Waals surface area contributed by atoms with Crippen LogP contribution >= 0.6 is 0 Å². The van der Waals surface area contributed by atoms with Gasteiger partial charge in [-0.2, -0.15) is 5.06 Å². The molecule has 3 aromatic rings. The van der Waals surface area contributed by atoms with Crippen LogP contribution in [-0.2, 0) is 48.4 Å². The summed E-state index contributed by atoms with van der Waals surface area (Å²) in [7, 11) is 0. The summed E-state index contributed by atoms with van der Waals surface area (Å²) in [6.07, 6.45) is 0.873. The van der Waals surface area contributed by atoms with Crippen LogP contribution in [0, 0.1) is 0 Å². The van der Waals surface area contributed by atoms with Gasteiger partial charge in [-0.25, -0.2) is 0 Å². The van der Waals surface area contributed by atoms with Crippen molar-refractivity contribution in [2.75, 3.05) is 13.2 Å². The Labute approximate surface area is 230 Å². The van der Waals surface area contributed by atoms with Gasteiger partial charge in [0, 0.05) is 13.3 Å². The fraction of sp³-hybridized carbons (Fsp3) is 0.406. The lowest BCUT2D eigenvalue weighted by Gasteiger charge is -2.28. The van der Waals surface area contributed by atoms with Crippen molar-refractivity contribution in [1.82, 2.24) is 5.06 Å². The second kappa shape index (κ2) is 13.8. The molecule has 206 valence electrons. The largest absolute Gasteiger partial charge is 0.466 e. The molecule has 0 aliphatic carbocycles. The van der Waals surface area contributed by atoms with Crippen LogP contribution in [0.2, 0.25) is 0 Å². The quantitative estimate of drug-likeness (QED) is 0.285. The van der Waals surface area contributed by atoms with Gasteiger partial charge in [-0.15, -0.1) is 0 Å². The van der Waals surface area contributed by atoms with Crippen molar-refractivity contribution in [3.63, 3.8) is 0 Å². The molecular weight excluding hydrogens is 494 g/mol. The molecule has 0 spiro atoms. The van der Waals surface area contributed by atoms with Crippen molar-refractivity contribution < 1.29 is 28.6 Å². The molecule has 5 atom stereocenters. The Morgan fingerprint density at radius 1 is 0.795 bits per heavy atom. The SMILES string of the molecule is CC(=O)OCC[C@H]1C[C@@H]2[C@@H](OCc3ccccc3)[C@H](OCc3ccccc3)[C@@H](COCc3ccccc3)N2O1. The Morgan fingerprint density at radius 2 is 1.33 bits per heavy atom. The molecule has 7 heteroatoms. The molecule has 0 radical (unpaired) electrons. The smallest absolute Gasteiger partial charge is 0.302 e. The third-order valence-corrected chi connectivity index (χ3v) is 7.23. The Balaban J connectivity index is 1.33. The molecule has 0 amide bonds. The molecule has 2 aliphatic heterocycles. The average Bonchev–Trinajstić information content (AvgIpc) is 3.49. The molecular formula is C32H37NO6. The first-order valence-corrected chi connectivity index (χ1v) is 13.7. The van der Waals surface area contributed by atoms with Crippen molar-refractivity contribution in [2.45, 2.75) is 70.0 Å². The molecule has 0 bridgehead atoms.